The van der Waals surface area contributed by atoms with E-state index in [0.717, 1.165) is 52.0 Å². The van der Waals surface area contributed by atoms with Crippen LogP contribution in [0.4, 0.5) is 5.69 Å². The molecule has 1 aromatic rings. The van der Waals surface area contributed by atoms with Gasteiger partial charge in [-0.3, -0.25) is 4.79 Å². The standard InChI is InChI=1S/C14H25N5O.2C2H6/c1-11-17-10-13(14(20)18-11)19-7-3-12(4-8-19)9-16-6-2-5-15;2*1-2/h10,12,16H,2-9,15H2,1H3,(H,17,18,20);2*1-2H3. The van der Waals surface area contributed by atoms with E-state index in [4.69, 9.17) is 5.73 Å². The van der Waals surface area contributed by atoms with Crippen LogP contribution in [0.15, 0.2) is 11.0 Å². The number of H-pyrrole nitrogens is 1. The molecule has 0 aliphatic carbocycles. The zero-order valence-electron chi connectivity index (χ0n) is 16.2. The molecule has 1 aliphatic rings. The number of piperidine rings is 1. The molecule has 1 fully saturated rings. The SMILES string of the molecule is CC.CC.Cc1ncc(N2CCC(CNCCCN)CC2)c(=O)[nH]1. The van der Waals surface area contributed by atoms with Crippen molar-refractivity contribution in [2.75, 3.05) is 37.6 Å². The van der Waals surface area contributed by atoms with E-state index >= 15 is 0 Å². The van der Waals surface area contributed by atoms with E-state index in [1.54, 1.807) is 13.1 Å². The third-order valence-corrected chi connectivity index (χ3v) is 3.85. The predicted octanol–water partition coefficient (Wildman–Crippen LogP) is 2.29. The summed E-state index contributed by atoms with van der Waals surface area (Å²) in [4.78, 5) is 21.0. The summed E-state index contributed by atoms with van der Waals surface area (Å²) < 4.78 is 0. The minimum Gasteiger partial charge on any atom is -0.366 e. The van der Waals surface area contributed by atoms with Crippen molar-refractivity contribution in [3.8, 4) is 0 Å². The summed E-state index contributed by atoms with van der Waals surface area (Å²) >= 11 is 0. The van der Waals surface area contributed by atoms with Crippen LogP contribution in [0.3, 0.4) is 0 Å². The molecule has 6 heteroatoms. The number of aryl methyl sites for hydroxylation is 1. The quantitative estimate of drug-likeness (QED) is 0.692. The highest BCUT2D eigenvalue weighted by Crippen LogP contribution is 2.19. The van der Waals surface area contributed by atoms with Gasteiger partial charge in [-0.2, -0.15) is 0 Å². The highest BCUT2D eigenvalue weighted by atomic mass is 16.1. The number of nitrogens with one attached hydrogen (secondary N) is 2. The van der Waals surface area contributed by atoms with Gasteiger partial charge in [-0.1, -0.05) is 27.7 Å². The van der Waals surface area contributed by atoms with E-state index in [-0.39, 0.29) is 5.56 Å². The summed E-state index contributed by atoms with van der Waals surface area (Å²) in [6.07, 6.45) is 4.95. The van der Waals surface area contributed by atoms with Gasteiger partial charge in [0.05, 0.1) is 6.20 Å². The molecule has 2 heterocycles. The summed E-state index contributed by atoms with van der Waals surface area (Å²) in [6, 6.07) is 0. The minimum absolute atomic E-state index is 0.0305. The van der Waals surface area contributed by atoms with Crippen LogP contribution in [0.5, 0.6) is 0 Å². The summed E-state index contributed by atoms with van der Waals surface area (Å²) in [5, 5.41) is 3.45. The maximum atomic E-state index is 11.9. The van der Waals surface area contributed by atoms with Crippen LogP contribution in [0.2, 0.25) is 0 Å². The Morgan fingerprint density at radius 3 is 2.46 bits per heavy atom. The molecular formula is C18H37N5O. The Labute approximate surface area is 147 Å². The minimum atomic E-state index is -0.0305. The average Bonchev–Trinajstić information content (AvgIpc) is 2.63. The van der Waals surface area contributed by atoms with E-state index in [1.807, 2.05) is 27.7 Å². The summed E-state index contributed by atoms with van der Waals surface area (Å²) in [5.41, 5.74) is 6.14. The van der Waals surface area contributed by atoms with Crippen molar-refractivity contribution in [1.29, 1.82) is 0 Å². The number of aromatic nitrogens is 2. The van der Waals surface area contributed by atoms with Gasteiger partial charge in [-0.25, -0.2) is 4.98 Å². The molecular weight excluding hydrogens is 302 g/mol. The fourth-order valence-corrected chi connectivity index (χ4v) is 2.61. The zero-order chi connectivity index (χ0) is 18.4. The Bertz CT molecular complexity index is 467. The van der Waals surface area contributed by atoms with E-state index in [9.17, 15) is 4.79 Å². The predicted molar refractivity (Wildman–Crippen MR) is 104 cm³/mol. The number of aromatic amines is 1. The van der Waals surface area contributed by atoms with Crippen molar-refractivity contribution in [1.82, 2.24) is 15.3 Å². The lowest BCUT2D eigenvalue weighted by molar-refractivity contribution is 0.382. The van der Waals surface area contributed by atoms with Crippen LogP contribution in [0, 0.1) is 12.8 Å². The third kappa shape index (κ3) is 7.93. The highest BCUT2D eigenvalue weighted by Gasteiger charge is 2.20. The summed E-state index contributed by atoms with van der Waals surface area (Å²) in [7, 11) is 0. The second kappa shape index (κ2) is 14.0. The van der Waals surface area contributed by atoms with Gasteiger partial charge in [0.2, 0.25) is 0 Å². The molecule has 0 spiro atoms. The number of nitrogens with zero attached hydrogens (tertiary/aromatic N) is 2. The maximum absolute atomic E-state index is 11.9. The maximum Gasteiger partial charge on any atom is 0.274 e. The van der Waals surface area contributed by atoms with Gasteiger partial charge in [0.15, 0.2) is 0 Å². The Hall–Kier alpha value is -1.40. The summed E-state index contributed by atoms with van der Waals surface area (Å²) in [5.74, 6) is 1.36. The molecule has 1 aromatic heterocycles. The lowest BCUT2D eigenvalue weighted by Crippen LogP contribution is -2.40. The molecule has 1 saturated heterocycles. The van der Waals surface area contributed by atoms with Crippen LogP contribution in [0.25, 0.3) is 0 Å². The van der Waals surface area contributed by atoms with Crippen LogP contribution >= 0.6 is 0 Å². The first kappa shape index (κ1) is 22.6. The Morgan fingerprint density at radius 1 is 1.29 bits per heavy atom. The first-order chi connectivity index (χ1) is 11.7. The Kier molecular flexibility index (Phi) is 13.2. The molecule has 24 heavy (non-hydrogen) atoms. The molecule has 140 valence electrons. The van der Waals surface area contributed by atoms with Gasteiger partial charge in [0.25, 0.3) is 5.56 Å². The number of hydrogen-bond donors (Lipinski definition) is 3. The van der Waals surface area contributed by atoms with Crippen LogP contribution < -0.4 is 21.5 Å². The zero-order valence-corrected chi connectivity index (χ0v) is 16.2. The fraction of sp³-hybridized carbons (Fsp3) is 0.778. The topological polar surface area (TPSA) is 87.0 Å². The van der Waals surface area contributed by atoms with Crippen LogP contribution in [-0.4, -0.2) is 42.7 Å². The second-order valence-electron chi connectivity index (χ2n) is 5.46. The molecule has 0 saturated carbocycles. The lowest BCUT2D eigenvalue weighted by atomic mass is 9.96. The van der Waals surface area contributed by atoms with E-state index in [2.05, 4.69) is 20.2 Å². The third-order valence-electron chi connectivity index (χ3n) is 3.85. The van der Waals surface area contributed by atoms with Crippen molar-refractivity contribution >= 4 is 5.69 Å². The highest BCUT2D eigenvalue weighted by molar-refractivity contribution is 5.42. The van der Waals surface area contributed by atoms with Crippen LogP contribution in [-0.2, 0) is 0 Å². The Morgan fingerprint density at radius 2 is 1.92 bits per heavy atom. The largest absolute Gasteiger partial charge is 0.366 e. The van der Waals surface area contributed by atoms with Crippen LogP contribution in [0.1, 0.15) is 52.8 Å². The number of nitrogens with two attached hydrogens (primary N) is 1. The molecule has 0 bridgehead atoms. The van der Waals surface area contributed by atoms with Crippen molar-refractivity contribution in [2.24, 2.45) is 11.7 Å². The summed E-state index contributed by atoms with van der Waals surface area (Å²) in [6.45, 7) is 14.4. The molecule has 0 unspecified atom stereocenters. The molecule has 1 aliphatic heterocycles. The normalized spacial score (nSPS) is 14.3. The number of anilines is 1. The molecule has 4 N–H and O–H groups in total. The first-order valence-electron chi connectivity index (χ1n) is 9.42. The van der Waals surface area contributed by atoms with Gasteiger partial charge in [0.1, 0.15) is 11.5 Å². The van der Waals surface area contributed by atoms with E-state index < -0.39 is 0 Å². The van der Waals surface area contributed by atoms with Crippen molar-refractivity contribution in [2.45, 2.75) is 53.9 Å². The van der Waals surface area contributed by atoms with Crippen molar-refractivity contribution in [3.63, 3.8) is 0 Å². The van der Waals surface area contributed by atoms with Gasteiger partial charge < -0.3 is 20.9 Å². The molecule has 6 nitrogen and oxygen atoms in total. The molecule has 0 radical (unpaired) electrons. The van der Waals surface area contributed by atoms with E-state index in [1.165, 1.54) is 0 Å². The second-order valence-corrected chi connectivity index (χ2v) is 5.46. The number of hydrogen-bond acceptors (Lipinski definition) is 5. The first-order valence-corrected chi connectivity index (χ1v) is 9.42. The van der Waals surface area contributed by atoms with Gasteiger partial charge >= 0.3 is 0 Å². The molecule has 2 rings (SSSR count). The van der Waals surface area contributed by atoms with Gasteiger partial charge in [0, 0.05) is 13.1 Å². The average molecular weight is 340 g/mol. The monoisotopic (exact) mass is 339 g/mol. The molecule has 0 amide bonds. The van der Waals surface area contributed by atoms with E-state index in [0.29, 0.717) is 17.4 Å². The van der Waals surface area contributed by atoms with Crippen molar-refractivity contribution in [3.05, 3.63) is 22.4 Å². The number of rotatable bonds is 6. The smallest absolute Gasteiger partial charge is 0.274 e. The Balaban J connectivity index is 0.00000123. The van der Waals surface area contributed by atoms with Gasteiger partial charge in [-0.15, -0.1) is 0 Å². The fourth-order valence-electron chi connectivity index (χ4n) is 2.61. The van der Waals surface area contributed by atoms with Gasteiger partial charge in [-0.05, 0) is 51.7 Å². The lowest BCUT2D eigenvalue weighted by Gasteiger charge is -2.32. The molecule has 0 aromatic carbocycles. The van der Waals surface area contributed by atoms with Crippen molar-refractivity contribution < 1.29 is 0 Å². The molecule has 0 atom stereocenters.